The first-order chi connectivity index (χ1) is 12.8. The number of thiophene rings is 1. The largest absolute Gasteiger partial charge is 0.465 e. The van der Waals surface area contributed by atoms with Crippen LogP contribution in [-0.2, 0) is 4.74 Å². The molecule has 138 valence electrons. The van der Waals surface area contributed by atoms with Gasteiger partial charge in [-0.15, -0.1) is 11.3 Å². The minimum absolute atomic E-state index is 0.101. The molecule has 0 saturated carbocycles. The number of benzene rings is 1. The average Bonchev–Trinajstić information content (AvgIpc) is 2.97. The lowest BCUT2D eigenvalue weighted by Gasteiger charge is -2.06. The second-order valence-electron chi connectivity index (χ2n) is 5.73. The molecule has 0 radical (unpaired) electrons. The summed E-state index contributed by atoms with van der Waals surface area (Å²) in [6.07, 6.45) is 0. The van der Waals surface area contributed by atoms with Crippen LogP contribution >= 0.6 is 11.3 Å². The van der Waals surface area contributed by atoms with E-state index in [2.05, 4.69) is 5.32 Å². The molecule has 27 heavy (non-hydrogen) atoms. The summed E-state index contributed by atoms with van der Waals surface area (Å²) in [5.74, 6) is -1.82. The maximum Gasteiger partial charge on any atom is 0.341 e. The summed E-state index contributed by atoms with van der Waals surface area (Å²) in [5.41, 5.74) is 0.441. The summed E-state index contributed by atoms with van der Waals surface area (Å²) in [6, 6.07) is 7.64. The van der Waals surface area contributed by atoms with Crippen molar-refractivity contribution in [2.24, 2.45) is 0 Å². The highest BCUT2D eigenvalue weighted by Crippen LogP contribution is 2.34. The predicted molar refractivity (Wildman–Crippen MR) is 101 cm³/mol. The molecule has 1 aromatic carbocycles. The van der Waals surface area contributed by atoms with Crippen molar-refractivity contribution in [3.63, 3.8) is 0 Å². The van der Waals surface area contributed by atoms with Crippen LogP contribution in [0.1, 0.15) is 43.1 Å². The number of anilines is 1. The highest BCUT2D eigenvalue weighted by Gasteiger charge is 2.25. The molecule has 0 aliphatic rings. The second-order valence-corrected chi connectivity index (χ2v) is 6.75. The van der Waals surface area contributed by atoms with Gasteiger partial charge in [-0.25, -0.2) is 4.79 Å². The average molecular weight is 385 g/mol. The van der Waals surface area contributed by atoms with Gasteiger partial charge in [-0.05, 0) is 31.5 Å². The summed E-state index contributed by atoms with van der Waals surface area (Å²) in [6.45, 7) is 2.97. The zero-order valence-corrected chi connectivity index (χ0v) is 15.6. The van der Waals surface area contributed by atoms with Crippen LogP contribution in [0.5, 0.6) is 0 Å². The fraction of sp³-hybridized carbons (Fsp3) is 0.158. The normalized spacial score (nSPS) is 10.6. The Morgan fingerprint density at radius 2 is 1.89 bits per heavy atom. The third kappa shape index (κ3) is 3.39. The number of rotatable bonds is 4. The highest BCUT2D eigenvalue weighted by atomic mass is 32.1. The van der Waals surface area contributed by atoms with Crippen molar-refractivity contribution >= 4 is 45.0 Å². The molecule has 2 heterocycles. The number of amides is 1. The Hall–Kier alpha value is -3.26. The highest BCUT2D eigenvalue weighted by molar-refractivity contribution is 7.18. The number of nitrogens with one attached hydrogen (secondary N) is 1. The summed E-state index contributed by atoms with van der Waals surface area (Å²) < 4.78 is 10.2. The molecule has 0 fully saturated rings. The molecule has 8 heteroatoms. The topological polar surface area (TPSA) is 103 Å². The quantitative estimate of drug-likeness (QED) is 0.545. The number of ether oxygens (including phenoxy) is 1. The number of methoxy groups -OCH3 is 1. The summed E-state index contributed by atoms with van der Waals surface area (Å²) >= 11 is 0.967. The smallest absolute Gasteiger partial charge is 0.341 e. The van der Waals surface area contributed by atoms with E-state index in [0.29, 0.717) is 15.8 Å². The molecule has 0 bridgehead atoms. The van der Waals surface area contributed by atoms with Gasteiger partial charge in [-0.3, -0.25) is 14.4 Å². The van der Waals surface area contributed by atoms with E-state index in [0.717, 1.165) is 17.4 Å². The first kappa shape index (κ1) is 18.5. The van der Waals surface area contributed by atoms with Crippen LogP contribution in [0.25, 0.3) is 11.0 Å². The molecule has 7 nitrogen and oxygen atoms in total. The zero-order valence-electron chi connectivity index (χ0n) is 14.7. The van der Waals surface area contributed by atoms with Gasteiger partial charge in [-0.2, -0.15) is 0 Å². The van der Waals surface area contributed by atoms with Crippen LogP contribution in [0, 0.1) is 6.92 Å². The number of para-hydroxylation sites is 1. The van der Waals surface area contributed by atoms with E-state index in [1.54, 1.807) is 31.2 Å². The Labute approximate surface area is 157 Å². The Morgan fingerprint density at radius 1 is 1.19 bits per heavy atom. The monoisotopic (exact) mass is 385 g/mol. The number of ketones is 1. The van der Waals surface area contributed by atoms with Crippen molar-refractivity contribution in [1.82, 2.24) is 0 Å². The van der Waals surface area contributed by atoms with Crippen molar-refractivity contribution in [1.29, 1.82) is 0 Å². The van der Waals surface area contributed by atoms with Crippen molar-refractivity contribution in [2.45, 2.75) is 13.8 Å². The molecule has 0 saturated heterocycles. The van der Waals surface area contributed by atoms with E-state index in [-0.39, 0.29) is 33.1 Å². The lowest BCUT2D eigenvalue weighted by atomic mass is 10.1. The minimum Gasteiger partial charge on any atom is -0.465 e. The lowest BCUT2D eigenvalue weighted by molar-refractivity contribution is 0.0601. The summed E-state index contributed by atoms with van der Waals surface area (Å²) in [4.78, 5) is 49.0. The molecule has 0 spiro atoms. The van der Waals surface area contributed by atoms with Crippen molar-refractivity contribution in [3.8, 4) is 0 Å². The van der Waals surface area contributed by atoms with Gasteiger partial charge in [0.25, 0.3) is 5.91 Å². The maximum atomic E-state index is 12.6. The van der Waals surface area contributed by atoms with Crippen molar-refractivity contribution in [2.75, 3.05) is 12.4 Å². The Balaban J connectivity index is 2.04. The van der Waals surface area contributed by atoms with Crippen LogP contribution in [0.15, 0.2) is 39.5 Å². The van der Waals surface area contributed by atoms with E-state index in [4.69, 9.17) is 9.15 Å². The SMILES string of the molecule is COC(=O)c1c(NC(=O)c2cc(=O)c3ccccc3o2)sc(C(C)=O)c1C. The van der Waals surface area contributed by atoms with E-state index in [1.807, 2.05) is 0 Å². The van der Waals surface area contributed by atoms with Crippen LogP contribution in [-0.4, -0.2) is 24.8 Å². The predicted octanol–water partition coefficient (Wildman–Crippen LogP) is 3.40. The number of carbonyl (C=O) groups is 3. The molecular formula is C19H15NO6S. The first-order valence-corrected chi connectivity index (χ1v) is 8.72. The van der Waals surface area contributed by atoms with Gasteiger partial charge in [0.2, 0.25) is 0 Å². The maximum absolute atomic E-state index is 12.6. The van der Waals surface area contributed by atoms with Gasteiger partial charge in [0.05, 0.1) is 22.9 Å². The molecule has 2 aromatic heterocycles. The van der Waals surface area contributed by atoms with Crippen LogP contribution in [0.4, 0.5) is 5.00 Å². The first-order valence-electron chi connectivity index (χ1n) is 7.90. The van der Waals surface area contributed by atoms with Gasteiger partial charge >= 0.3 is 5.97 Å². The zero-order chi connectivity index (χ0) is 19.7. The van der Waals surface area contributed by atoms with Crippen LogP contribution < -0.4 is 10.7 Å². The van der Waals surface area contributed by atoms with Gasteiger partial charge in [0.15, 0.2) is 17.0 Å². The lowest BCUT2D eigenvalue weighted by Crippen LogP contribution is -2.16. The second kappa shape index (κ2) is 7.16. The molecule has 0 aliphatic carbocycles. The summed E-state index contributed by atoms with van der Waals surface area (Å²) in [5, 5.41) is 3.06. The van der Waals surface area contributed by atoms with Gasteiger partial charge in [0, 0.05) is 6.07 Å². The molecular weight excluding hydrogens is 370 g/mol. The molecule has 3 rings (SSSR count). The van der Waals surface area contributed by atoms with Crippen LogP contribution in [0.2, 0.25) is 0 Å². The number of carbonyl (C=O) groups excluding carboxylic acids is 3. The van der Waals surface area contributed by atoms with Gasteiger partial charge < -0.3 is 14.5 Å². The molecule has 0 unspecified atom stereocenters. The number of hydrogen-bond acceptors (Lipinski definition) is 7. The van der Waals surface area contributed by atoms with Gasteiger partial charge in [-0.1, -0.05) is 12.1 Å². The standard InChI is InChI=1S/C19H15NO6S/c1-9-15(19(24)25-3)18(27-16(9)10(2)21)20-17(23)14-8-12(22)11-6-4-5-7-13(11)26-14/h4-8H,1-3H3,(H,20,23). The van der Waals surface area contributed by atoms with Crippen molar-refractivity contribution in [3.05, 3.63) is 62.3 Å². The number of Topliss-reactive ketones (excluding diaryl/α,β-unsaturated/α-hetero) is 1. The number of esters is 1. The number of hydrogen-bond donors (Lipinski definition) is 1. The fourth-order valence-corrected chi connectivity index (χ4v) is 3.75. The fourth-order valence-electron chi connectivity index (χ4n) is 2.67. The van der Waals surface area contributed by atoms with Crippen molar-refractivity contribution < 1.29 is 23.5 Å². The Bertz CT molecular complexity index is 1140. The van der Waals surface area contributed by atoms with Gasteiger partial charge in [0.1, 0.15) is 10.6 Å². The summed E-state index contributed by atoms with van der Waals surface area (Å²) in [7, 11) is 1.21. The molecule has 0 atom stereocenters. The minimum atomic E-state index is -0.709. The molecule has 1 N–H and O–H groups in total. The van der Waals surface area contributed by atoms with E-state index in [1.165, 1.54) is 14.0 Å². The van der Waals surface area contributed by atoms with E-state index >= 15 is 0 Å². The van der Waals surface area contributed by atoms with Crippen LogP contribution in [0.3, 0.4) is 0 Å². The van der Waals surface area contributed by atoms with E-state index in [9.17, 15) is 19.2 Å². The molecule has 0 aliphatic heterocycles. The third-order valence-corrected chi connectivity index (χ3v) is 5.25. The Kier molecular flexibility index (Phi) is 4.91. The molecule has 3 aromatic rings. The molecule has 1 amide bonds. The van der Waals surface area contributed by atoms with E-state index < -0.39 is 11.9 Å². The number of fused-ring (bicyclic) bond motifs is 1. The third-order valence-electron chi connectivity index (χ3n) is 3.94. The Morgan fingerprint density at radius 3 is 2.56 bits per heavy atom.